The molecule has 0 saturated heterocycles. The minimum atomic E-state index is -0.933. The van der Waals surface area contributed by atoms with E-state index in [0.717, 1.165) is 28.3 Å². The lowest BCUT2D eigenvalue weighted by atomic mass is 9.81. The Balaban J connectivity index is 1.70. The average molecular weight is 406 g/mol. The summed E-state index contributed by atoms with van der Waals surface area (Å²) in [5.74, 6) is -0.488. The number of esters is 1. The number of aryl methyl sites for hydroxylation is 1. The molecule has 4 rings (SSSR count). The maximum atomic E-state index is 12.6. The van der Waals surface area contributed by atoms with Crippen LogP contribution < -0.4 is 0 Å². The molecule has 1 fully saturated rings. The molecular formula is C20H20ClNO4S. The number of aliphatic hydroxyl groups excluding tert-OH is 1. The van der Waals surface area contributed by atoms with Gasteiger partial charge >= 0.3 is 5.97 Å². The van der Waals surface area contributed by atoms with E-state index in [0.29, 0.717) is 23.6 Å². The van der Waals surface area contributed by atoms with Gasteiger partial charge in [0, 0.05) is 22.6 Å². The second-order valence-electron chi connectivity index (χ2n) is 6.97. The summed E-state index contributed by atoms with van der Waals surface area (Å²) in [7, 11) is 1.68. The molecule has 2 heterocycles. The van der Waals surface area contributed by atoms with Gasteiger partial charge < -0.3 is 14.6 Å². The fourth-order valence-electron chi connectivity index (χ4n) is 3.79. The molecule has 2 aromatic rings. The highest BCUT2D eigenvalue weighted by molar-refractivity contribution is 7.15. The number of halogens is 1. The first-order chi connectivity index (χ1) is 12.9. The predicted molar refractivity (Wildman–Crippen MR) is 105 cm³/mol. The summed E-state index contributed by atoms with van der Waals surface area (Å²) in [5.41, 5.74) is 0.677. The minimum Gasteiger partial charge on any atom is -0.507 e. The Morgan fingerprint density at radius 2 is 1.96 bits per heavy atom. The van der Waals surface area contributed by atoms with E-state index in [1.165, 1.54) is 11.3 Å². The van der Waals surface area contributed by atoms with Crippen molar-refractivity contribution in [1.82, 2.24) is 4.98 Å². The Morgan fingerprint density at radius 3 is 2.59 bits per heavy atom. The van der Waals surface area contributed by atoms with E-state index in [2.05, 4.69) is 4.98 Å². The third kappa shape index (κ3) is 3.16. The van der Waals surface area contributed by atoms with Crippen molar-refractivity contribution in [2.75, 3.05) is 7.11 Å². The van der Waals surface area contributed by atoms with E-state index < -0.39 is 11.6 Å². The zero-order chi connectivity index (χ0) is 19.2. The Hall–Kier alpha value is -1.89. The van der Waals surface area contributed by atoms with Crippen LogP contribution in [0.5, 0.6) is 0 Å². The fourth-order valence-corrected chi connectivity index (χ4v) is 4.84. The number of ether oxygens (including phenoxy) is 2. The van der Waals surface area contributed by atoms with Crippen LogP contribution in [0.3, 0.4) is 0 Å². The van der Waals surface area contributed by atoms with E-state index in [1.54, 1.807) is 19.2 Å². The summed E-state index contributed by atoms with van der Waals surface area (Å²) < 4.78 is 11.1. The molecule has 1 aliphatic carbocycles. The monoisotopic (exact) mass is 405 g/mol. The van der Waals surface area contributed by atoms with Gasteiger partial charge in [-0.2, -0.15) is 0 Å². The fraction of sp³-hybridized carbons (Fsp3) is 0.400. The third-order valence-electron chi connectivity index (χ3n) is 5.36. The van der Waals surface area contributed by atoms with Gasteiger partial charge in [-0.1, -0.05) is 23.7 Å². The van der Waals surface area contributed by atoms with Crippen LogP contribution >= 0.6 is 22.9 Å². The summed E-state index contributed by atoms with van der Waals surface area (Å²) in [6.45, 7) is 1.90. The van der Waals surface area contributed by atoms with E-state index in [-0.39, 0.29) is 17.4 Å². The first-order valence-corrected chi connectivity index (χ1v) is 10.1. The van der Waals surface area contributed by atoms with E-state index in [1.807, 2.05) is 19.1 Å². The number of nitrogens with zero attached hydrogens (tertiary/aromatic N) is 1. The summed E-state index contributed by atoms with van der Waals surface area (Å²) in [4.78, 5) is 18.1. The molecule has 0 bridgehead atoms. The topological polar surface area (TPSA) is 68.7 Å². The number of benzene rings is 1. The van der Waals surface area contributed by atoms with Gasteiger partial charge in [0.1, 0.15) is 10.6 Å². The van der Waals surface area contributed by atoms with Crippen molar-refractivity contribution in [3.05, 3.63) is 45.6 Å². The molecule has 0 amide bonds. The van der Waals surface area contributed by atoms with Crippen LogP contribution in [0.2, 0.25) is 5.02 Å². The zero-order valence-corrected chi connectivity index (χ0v) is 16.7. The molecule has 142 valence electrons. The van der Waals surface area contributed by atoms with Crippen molar-refractivity contribution < 1.29 is 19.4 Å². The second kappa shape index (κ2) is 6.93. The highest BCUT2D eigenvalue weighted by Crippen LogP contribution is 2.46. The Bertz CT molecular complexity index is 911. The lowest BCUT2D eigenvalue weighted by molar-refractivity contribution is -0.151. The maximum absolute atomic E-state index is 12.6. The number of methoxy groups -OCH3 is 1. The molecule has 0 atom stereocenters. The van der Waals surface area contributed by atoms with Gasteiger partial charge in [-0.15, -0.1) is 11.3 Å². The quantitative estimate of drug-likeness (QED) is 0.733. The van der Waals surface area contributed by atoms with Gasteiger partial charge in [-0.05, 0) is 44.7 Å². The van der Waals surface area contributed by atoms with Crippen molar-refractivity contribution in [3.63, 3.8) is 0 Å². The minimum absolute atomic E-state index is 0.0121. The van der Waals surface area contributed by atoms with Crippen LogP contribution in [0, 0.1) is 6.92 Å². The lowest BCUT2D eigenvalue weighted by Gasteiger charge is -2.35. The van der Waals surface area contributed by atoms with Gasteiger partial charge in [0.25, 0.3) is 0 Å². The number of aliphatic hydroxyl groups is 1. The molecule has 0 radical (unpaired) electrons. The average Bonchev–Trinajstić information content (AvgIpc) is 3.14. The highest BCUT2D eigenvalue weighted by Gasteiger charge is 2.51. The molecular weight excluding hydrogens is 386 g/mol. The van der Waals surface area contributed by atoms with Crippen molar-refractivity contribution in [2.45, 2.75) is 44.3 Å². The Labute approximate surface area is 166 Å². The first kappa shape index (κ1) is 18.5. The molecule has 2 aliphatic rings. The summed E-state index contributed by atoms with van der Waals surface area (Å²) in [6.07, 6.45) is 2.74. The number of thiazole rings is 1. The second-order valence-corrected chi connectivity index (χ2v) is 8.61. The number of rotatable bonds is 3. The maximum Gasteiger partial charge on any atom is 0.345 e. The van der Waals surface area contributed by atoms with Crippen molar-refractivity contribution >= 4 is 34.5 Å². The van der Waals surface area contributed by atoms with E-state index in [9.17, 15) is 9.90 Å². The molecule has 1 aliphatic heterocycles. The van der Waals surface area contributed by atoms with Crippen LogP contribution in [0.25, 0.3) is 16.1 Å². The van der Waals surface area contributed by atoms with Crippen molar-refractivity contribution in [3.8, 4) is 10.6 Å². The third-order valence-corrected chi connectivity index (χ3v) is 6.63. The van der Waals surface area contributed by atoms with Crippen molar-refractivity contribution in [1.29, 1.82) is 0 Å². The summed E-state index contributed by atoms with van der Waals surface area (Å²) >= 11 is 7.43. The summed E-state index contributed by atoms with van der Waals surface area (Å²) in [6, 6.07) is 7.38. The molecule has 1 N–H and O–H groups in total. The van der Waals surface area contributed by atoms with Gasteiger partial charge in [0.05, 0.1) is 11.8 Å². The lowest BCUT2D eigenvalue weighted by Crippen LogP contribution is -2.38. The molecule has 27 heavy (non-hydrogen) atoms. The number of carbonyl (C=O) groups excluding carboxylic acids is 1. The first-order valence-electron chi connectivity index (χ1n) is 8.87. The standard InChI is InChI=1S/C20H20ClNO4S/c1-11-16(22-18(27-11)12-3-5-13(21)6-4-12)15-17(23)20(26-19(15)24)9-7-14(25-2)8-10-20/h3-6,14,23H,7-10H2,1-2H3. The van der Waals surface area contributed by atoms with Gasteiger partial charge in [-0.3, -0.25) is 0 Å². The molecule has 1 aromatic carbocycles. The van der Waals surface area contributed by atoms with Gasteiger partial charge in [0.2, 0.25) is 0 Å². The SMILES string of the molecule is COC1CCC2(CC1)OC(=O)C(c1nc(-c3ccc(Cl)cc3)sc1C)=C2O. The normalized spacial score (nSPS) is 25.3. The number of carbonyl (C=O) groups is 1. The molecule has 0 unspecified atom stereocenters. The predicted octanol–water partition coefficient (Wildman–Crippen LogP) is 4.93. The van der Waals surface area contributed by atoms with Crippen molar-refractivity contribution in [2.24, 2.45) is 0 Å². The highest BCUT2D eigenvalue weighted by atomic mass is 35.5. The number of hydrogen-bond acceptors (Lipinski definition) is 6. The number of aromatic nitrogens is 1. The van der Waals surface area contributed by atoms with E-state index in [4.69, 9.17) is 21.1 Å². The molecule has 1 saturated carbocycles. The molecule has 7 heteroatoms. The van der Waals surface area contributed by atoms with E-state index >= 15 is 0 Å². The Morgan fingerprint density at radius 1 is 1.30 bits per heavy atom. The Kier molecular flexibility index (Phi) is 4.74. The van der Waals surface area contributed by atoms with Crippen LogP contribution in [0.4, 0.5) is 0 Å². The zero-order valence-electron chi connectivity index (χ0n) is 15.1. The smallest absolute Gasteiger partial charge is 0.345 e. The number of hydrogen-bond donors (Lipinski definition) is 1. The summed E-state index contributed by atoms with van der Waals surface area (Å²) in [5, 5.41) is 12.4. The van der Waals surface area contributed by atoms with Crippen LogP contribution in [-0.2, 0) is 14.3 Å². The molecule has 1 aromatic heterocycles. The molecule has 1 spiro atoms. The van der Waals surface area contributed by atoms with Gasteiger partial charge in [-0.25, -0.2) is 9.78 Å². The molecule has 5 nitrogen and oxygen atoms in total. The largest absolute Gasteiger partial charge is 0.507 e. The van der Waals surface area contributed by atoms with Crippen LogP contribution in [-0.4, -0.2) is 34.9 Å². The van der Waals surface area contributed by atoms with Gasteiger partial charge in [0.15, 0.2) is 11.4 Å². The van der Waals surface area contributed by atoms with Crippen LogP contribution in [0.1, 0.15) is 36.3 Å². The van der Waals surface area contributed by atoms with Crippen LogP contribution in [0.15, 0.2) is 30.0 Å².